The third-order valence-corrected chi connectivity index (χ3v) is 1.86. The van der Waals surface area contributed by atoms with E-state index in [-0.39, 0.29) is 12.7 Å². The third-order valence-electron chi connectivity index (χ3n) is 1.86. The molecule has 0 rings (SSSR count). The van der Waals surface area contributed by atoms with Gasteiger partial charge in [0.2, 0.25) is 0 Å². The van der Waals surface area contributed by atoms with Crippen LogP contribution in [0.15, 0.2) is 12.7 Å². The second-order valence-electron chi connectivity index (χ2n) is 3.15. The van der Waals surface area contributed by atoms with Crippen LogP contribution in [0.25, 0.3) is 0 Å². The summed E-state index contributed by atoms with van der Waals surface area (Å²) in [6, 6.07) is 0. The van der Waals surface area contributed by atoms with Crippen LogP contribution in [-0.4, -0.2) is 36.0 Å². The van der Waals surface area contributed by atoms with Gasteiger partial charge in [0.1, 0.15) is 0 Å². The van der Waals surface area contributed by atoms with Gasteiger partial charge in [0.25, 0.3) is 0 Å². The van der Waals surface area contributed by atoms with Crippen molar-refractivity contribution in [2.75, 3.05) is 19.7 Å². The Morgan fingerprint density at radius 3 is 2.77 bits per heavy atom. The molecule has 1 atom stereocenters. The van der Waals surface area contributed by atoms with Gasteiger partial charge in [-0.2, -0.15) is 0 Å². The van der Waals surface area contributed by atoms with Gasteiger partial charge < -0.3 is 15.5 Å². The molecular weight excluding hydrogens is 166 g/mol. The Balaban J connectivity index is 3.09. The number of nitrogens with one attached hydrogen (secondary N) is 1. The van der Waals surface area contributed by atoms with E-state index in [9.17, 15) is 5.11 Å². The third kappa shape index (κ3) is 9.53. The SMILES string of the molecule is C=CCCCCC(O)CNCCO. The van der Waals surface area contributed by atoms with E-state index < -0.39 is 0 Å². The summed E-state index contributed by atoms with van der Waals surface area (Å²) in [7, 11) is 0. The minimum Gasteiger partial charge on any atom is -0.395 e. The first-order valence-electron chi connectivity index (χ1n) is 4.91. The molecule has 1 unspecified atom stereocenters. The van der Waals surface area contributed by atoms with Crippen LogP contribution in [0, 0.1) is 0 Å². The smallest absolute Gasteiger partial charge is 0.0664 e. The van der Waals surface area contributed by atoms with Crippen molar-refractivity contribution in [3.8, 4) is 0 Å². The van der Waals surface area contributed by atoms with Crippen molar-refractivity contribution in [1.29, 1.82) is 0 Å². The maximum Gasteiger partial charge on any atom is 0.0664 e. The van der Waals surface area contributed by atoms with E-state index in [0.717, 1.165) is 25.7 Å². The number of allylic oxidation sites excluding steroid dienone is 1. The molecule has 0 aromatic heterocycles. The molecule has 0 bridgehead atoms. The summed E-state index contributed by atoms with van der Waals surface area (Å²) >= 11 is 0. The molecule has 3 N–H and O–H groups in total. The monoisotopic (exact) mass is 187 g/mol. The molecule has 3 heteroatoms. The van der Waals surface area contributed by atoms with Crippen molar-refractivity contribution >= 4 is 0 Å². The first kappa shape index (κ1) is 12.6. The molecule has 0 fully saturated rings. The summed E-state index contributed by atoms with van der Waals surface area (Å²) in [5.41, 5.74) is 0. The van der Waals surface area contributed by atoms with E-state index in [0.29, 0.717) is 13.1 Å². The standard InChI is InChI=1S/C10H21NO2/c1-2-3-4-5-6-10(13)9-11-7-8-12/h2,10-13H,1,3-9H2. The predicted molar refractivity (Wildman–Crippen MR) is 54.6 cm³/mol. The summed E-state index contributed by atoms with van der Waals surface area (Å²) in [4.78, 5) is 0. The van der Waals surface area contributed by atoms with Crippen molar-refractivity contribution < 1.29 is 10.2 Å². The fourth-order valence-corrected chi connectivity index (χ4v) is 1.12. The van der Waals surface area contributed by atoms with Crippen LogP contribution in [0.4, 0.5) is 0 Å². The van der Waals surface area contributed by atoms with E-state index in [1.165, 1.54) is 0 Å². The van der Waals surface area contributed by atoms with E-state index in [2.05, 4.69) is 11.9 Å². The summed E-state index contributed by atoms with van der Waals surface area (Å²) < 4.78 is 0. The minimum absolute atomic E-state index is 0.128. The lowest BCUT2D eigenvalue weighted by Crippen LogP contribution is -2.28. The summed E-state index contributed by atoms with van der Waals surface area (Å²) in [5, 5.41) is 20.8. The number of aliphatic hydroxyl groups excluding tert-OH is 2. The van der Waals surface area contributed by atoms with Crippen LogP contribution >= 0.6 is 0 Å². The summed E-state index contributed by atoms with van der Waals surface area (Å²) in [6.45, 7) is 4.90. The first-order chi connectivity index (χ1) is 6.31. The molecule has 0 radical (unpaired) electrons. The normalized spacial score (nSPS) is 12.8. The minimum atomic E-state index is -0.281. The van der Waals surface area contributed by atoms with Crippen molar-refractivity contribution in [2.24, 2.45) is 0 Å². The highest BCUT2D eigenvalue weighted by atomic mass is 16.3. The van der Waals surface area contributed by atoms with Crippen molar-refractivity contribution in [3.63, 3.8) is 0 Å². The highest BCUT2D eigenvalue weighted by Gasteiger charge is 2.01. The molecule has 0 saturated carbocycles. The Labute approximate surface area is 80.5 Å². The molecule has 0 aliphatic rings. The van der Waals surface area contributed by atoms with Gasteiger partial charge in [0, 0.05) is 13.1 Å². The maximum atomic E-state index is 9.41. The number of hydrogen-bond donors (Lipinski definition) is 3. The Kier molecular flexibility index (Phi) is 9.42. The van der Waals surface area contributed by atoms with Gasteiger partial charge in [-0.25, -0.2) is 0 Å². The van der Waals surface area contributed by atoms with E-state index in [1.54, 1.807) is 0 Å². The molecule has 78 valence electrons. The van der Waals surface area contributed by atoms with Gasteiger partial charge in [0.05, 0.1) is 12.7 Å². The molecule has 0 aliphatic carbocycles. The van der Waals surface area contributed by atoms with Gasteiger partial charge >= 0.3 is 0 Å². The molecule has 0 heterocycles. The zero-order chi connectivity index (χ0) is 9.94. The van der Waals surface area contributed by atoms with Crippen LogP contribution in [-0.2, 0) is 0 Å². The molecular formula is C10H21NO2. The van der Waals surface area contributed by atoms with Crippen LogP contribution in [0.3, 0.4) is 0 Å². The molecule has 0 spiro atoms. The van der Waals surface area contributed by atoms with Crippen LogP contribution in [0.5, 0.6) is 0 Å². The van der Waals surface area contributed by atoms with E-state index in [4.69, 9.17) is 5.11 Å². The lowest BCUT2D eigenvalue weighted by Gasteiger charge is -2.10. The number of rotatable bonds is 9. The molecule has 3 nitrogen and oxygen atoms in total. The van der Waals surface area contributed by atoms with Crippen LogP contribution in [0.2, 0.25) is 0 Å². The molecule has 0 aromatic rings. The Bertz CT molecular complexity index is 117. The average Bonchev–Trinajstić information content (AvgIpc) is 2.13. The Morgan fingerprint density at radius 1 is 1.38 bits per heavy atom. The quantitative estimate of drug-likeness (QED) is 0.367. The molecule has 0 aromatic carbocycles. The highest BCUT2D eigenvalue weighted by Crippen LogP contribution is 2.03. The fourth-order valence-electron chi connectivity index (χ4n) is 1.12. The van der Waals surface area contributed by atoms with Gasteiger partial charge in [-0.3, -0.25) is 0 Å². The largest absolute Gasteiger partial charge is 0.395 e. The second-order valence-corrected chi connectivity index (χ2v) is 3.15. The Morgan fingerprint density at radius 2 is 2.15 bits per heavy atom. The lowest BCUT2D eigenvalue weighted by molar-refractivity contribution is 0.155. The van der Waals surface area contributed by atoms with E-state index >= 15 is 0 Å². The molecule has 0 amide bonds. The van der Waals surface area contributed by atoms with Gasteiger partial charge in [0.15, 0.2) is 0 Å². The number of unbranched alkanes of at least 4 members (excludes halogenated alkanes) is 2. The Hall–Kier alpha value is -0.380. The topological polar surface area (TPSA) is 52.5 Å². The lowest BCUT2D eigenvalue weighted by atomic mass is 10.1. The van der Waals surface area contributed by atoms with Crippen LogP contribution < -0.4 is 5.32 Å². The maximum absolute atomic E-state index is 9.41. The van der Waals surface area contributed by atoms with Crippen molar-refractivity contribution in [1.82, 2.24) is 5.32 Å². The summed E-state index contributed by atoms with van der Waals surface area (Å²) in [5.74, 6) is 0. The highest BCUT2D eigenvalue weighted by molar-refractivity contribution is 4.67. The second kappa shape index (κ2) is 9.71. The van der Waals surface area contributed by atoms with Gasteiger partial charge in [-0.05, 0) is 19.3 Å². The van der Waals surface area contributed by atoms with Gasteiger partial charge in [-0.1, -0.05) is 12.5 Å². The zero-order valence-electron chi connectivity index (χ0n) is 8.21. The fraction of sp³-hybridized carbons (Fsp3) is 0.800. The van der Waals surface area contributed by atoms with Crippen LogP contribution in [0.1, 0.15) is 25.7 Å². The van der Waals surface area contributed by atoms with Gasteiger partial charge in [-0.15, -0.1) is 6.58 Å². The van der Waals surface area contributed by atoms with E-state index in [1.807, 2.05) is 6.08 Å². The number of aliphatic hydroxyl groups is 2. The van der Waals surface area contributed by atoms with Crippen molar-refractivity contribution in [2.45, 2.75) is 31.8 Å². The van der Waals surface area contributed by atoms with Crippen molar-refractivity contribution in [3.05, 3.63) is 12.7 Å². The summed E-state index contributed by atoms with van der Waals surface area (Å²) in [6.07, 6.45) is 5.60. The number of hydrogen-bond acceptors (Lipinski definition) is 3. The average molecular weight is 187 g/mol. The molecule has 0 aliphatic heterocycles. The molecule has 13 heavy (non-hydrogen) atoms. The molecule has 0 saturated heterocycles. The zero-order valence-corrected chi connectivity index (χ0v) is 8.21. The predicted octanol–water partition coefficient (Wildman–Crippen LogP) is 0.676. The first-order valence-corrected chi connectivity index (χ1v) is 4.91.